The van der Waals surface area contributed by atoms with Crippen LogP contribution in [-0.2, 0) is 0 Å². The zero-order valence-corrected chi connectivity index (χ0v) is 27.7. The fraction of sp³-hybridized carbons (Fsp3) is 0. The van der Waals surface area contributed by atoms with Gasteiger partial charge in [0, 0.05) is 43.9 Å². The maximum atomic E-state index is 5.47. The van der Waals surface area contributed by atoms with E-state index in [1.165, 1.54) is 27.2 Å². The molecule has 0 spiro atoms. The van der Waals surface area contributed by atoms with E-state index in [4.69, 9.17) is 9.97 Å². The van der Waals surface area contributed by atoms with Crippen LogP contribution in [0.2, 0.25) is 0 Å². The Kier molecular flexibility index (Phi) is 6.81. The van der Waals surface area contributed by atoms with Gasteiger partial charge < -0.3 is 4.57 Å². The van der Waals surface area contributed by atoms with Crippen LogP contribution in [0, 0.1) is 0 Å². The lowest BCUT2D eigenvalue weighted by Gasteiger charge is -2.15. The highest BCUT2D eigenvalue weighted by atomic mass is 15.0. The van der Waals surface area contributed by atoms with Gasteiger partial charge in [-0.05, 0) is 59.0 Å². The Balaban J connectivity index is 1.27. The van der Waals surface area contributed by atoms with Gasteiger partial charge in [-0.3, -0.25) is 0 Å². The lowest BCUT2D eigenvalue weighted by molar-refractivity contribution is 1.19. The van der Waals surface area contributed by atoms with Crippen LogP contribution in [0.5, 0.6) is 0 Å². The molecule has 10 aromatic rings. The molecule has 0 fully saturated rings. The topological polar surface area (TPSA) is 30.7 Å². The lowest BCUT2D eigenvalue weighted by Crippen LogP contribution is -1.97. The quantitative estimate of drug-likeness (QED) is 0.174. The first-order chi connectivity index (χ1) is 25.3. The van der Waals surface area contributed by atoms with Gasteiger partial charge in [0.05, 0.1) is 33.6 Å². The van der Waals surface area contributed by atoms with Crippen molar-refractivity contribution in [3.8, 4) is 50.6 Å². The molecule has 0 saturated carbocycles. The third-order valence-corrected chi connectivity index (χ3v) is 9.95. The minimum Gasteiger partial charge on any atom is -0.309 e. The molecular formula is C48H31N3. The molecule has 3 aromatic heterocycles. The lowest BCUT2D eigenvalue weighted by atomic mass is 9.94. The maximum Gasteiger partial charge on any atom is 0.0809 e. The van der Waals surface area contributed by atoms with Crippen molar-refractivity contribution in [3.63, 3.8) is 0 Å². The average molecular weight is 650 g/mol. The number of pyridine rings is 2. The van der Waals surface area contributed by atoms with Crippen LogP contribution in [0.4, 0.5) is 0 Å². The number of benzene rings is 7. The van der Waals surface area contributed by atoms with Crippen molar-refractivity contribution in [1.29, 1.82) is 0 Å². The second-order valence-electron chi connectivity index (χ2n) is 13.0. The van der Waals surface area contributed by atoms with Crippen LogP contribution >= 0.6 is 0 Å². The Morgan fingerprint density at radius 1 is 0.353 bits per heavy atom. The Morgan fingerprint density at radius 2 is 0.922 bits per heavy atom. The Bertz CT molecular complexity index is 2830. The third-order valence-electron chi connectivity index (χ3n) is 9.95. The van der Waals surface area contributed by atoms with Gasteiger partial charge in [0.15, 0.2) is 0 Å². The van der Waals surface area contributed by atoms with E-state index in [1.807, 2.05) is 12.1 Å². The number of fused-ring (bicyclic) bond motifs is 7. The van der Waals surface area contributed by atoms with Crippen molar-refractivity contribution in [2.24, 2.45) is 0 Å². The van der Waals surface area contributed by atoms with Gasteiger partial charge in [0.1, 0.15) is 0 Å². The smallest absolute Gasteiger partial charge is 0.0809 e. The van der Waals surface area contributed by atoms with E-state index in [1.54, 1.807) is 0 Å². The fourth-order valence-electron chi connectivity index (χ4n) is 7.61. The Morgan fingerprint density at radius 3 is 1.65 bits per heavy atom. The van der Waals surface area contributed by atoms with Crippen molar-refractivity contribution in [1.82, 2.24) is 14.5 Å². The average Bonchev–Trinajstić information content (AvgIpc) is 3.56. The van der Waals surface area contributed by atoms with Gasteiger partial charge in [-0.15, -0.1) is 0 Å². The molecule has 0 unspecified atom stereocenters. The van der Waals surface area contributed by atoms with E-state index in [0.29, 0.717) is 0 Å². The van der Waals surface area contributed by atoms with Gasteiger partial charge in [-0.25, -0.2) is 9.97 Å². The molecule has 51 heavy (non-hydrogen) atoms. The molecular weight excluding hydrogens is 619 g/mol. The standard InChI is InChI=1S/C48H31N3/c1-4-15-32(16-5-1)43-30-36(31-44(49-43)33-17-6-2-7-18-33)34-19-14-20-35(29-34)47-46-40(38-23-10-12-25-42(38)50-47)27-28-41-39-24-11-13-26-45(39)51(48(41)46)37-21-8-3-9-22-37/h1-31H. The van der Waals surface area contributed by atoms with E-state index in [9.17, 15) is 0 Å². The molecule has 0 aliphatic heterocycles. The summed E-state index contributed by atoms with van der Waals surface area (Å²) >= 11 is 0. The summed E-state index contributed by atoms with van der Waals surface area (Å²) in [6, 6.07) is 66.6. The Labute approximate surface area is 295 Å². The fourth-order valence-corrected chi connectivity index (χ4v) is 7.61. The SMILES string of the molecule is c1ccc(-c2cc(-c3cccc(-c4nc5ccccc5c5ccc6c7ccccc7n(-c7ccccc7)c6c45)c3)cc(-c3ccccc3)n2)cc1. The molecule has 238 valence electrons. The molecule has 3 heterocycles. The van der Waals surface area contributed by atoms with Crippen molar-refractivity contribution in [2.75, 3.05) is 0 Å². The highest BCUT2D eigenvalue weighted by Crippen LogP contribution is 2.43. The van der Waals surface area contributed by atoms with Gasteiger partial charge in [-0.2, -0.15) is 0 Å². The summed E-state index contributed by atoms with van der Waals surface area (Å²) in [5, 5.41) is 5.92. The molecule has 3 heteroatoms. The second kappa shape index (κ2) is 11.9. The molecule has 0 N–H and O–H groups in total. The molecule has 7 aromatic carbocycles. The first-order valence-corrected chi connectivity index (χ1v) is 17.3. The summed E-state index contributed by atoms with van der Waals surface area (Å²) in [4.78, 5) is 10.6. The van der Waals surface area contributed by atoms with Crippen molar-refractivity contribution < 1.29 is 0 Å². The molecule has 0 bridgehead atoms. The van der Waals surface area contributed by atoms with Crippen LogP contribution in [0.3, 0.4) is 0 Å². The summed E-state index contributed by atoms with van der Waals surface area (Å²) in [6.07, 6.45) is 0. The summed E-state index contributed by atoms with van der Waals surface area (Å²) in [6.45, 7) is 0. The predicted octanol–water partition coefficient (Wildman–Crippen LogP) is 12.5. The van der Waals surface area contributed by atoms with Crippen LogP contribution in [0.25, 0.3) is 94.1 Å². The zero-order valence-electron chi connectivity index (χ0n) is 27.7. The first-order valence-electron chi connectivity index (χ1n) is 17.3. The molecule has 0 radical (unpaired) electrons. The minimum absolute atomic E-state index is 0.945. The third kappa shape index (κ3) is 4.90. The van der Waals surface area contributed by atoms with Crippen molar-refractivity contribution in [2.45, 2.75) is 0 Å². The van der Waals surface area contributed by atoms with Crippen LogP contribution in [-0.4, -0.2) is 14.5 Å². The largest absolute Gasteiger partial charge is 0.309 e. The second-order valence-corrected chi connectivity index (χ2v) is 13.0. The summed E-state index contributed by atoms with van der Waals surface area (Å²) < 4.78 is 2.41. The zero-order chi connectivity index (χ0) is 33.7. The van der Waals surface area contributed by atoms with E-state index < -0.39 is 0 Å². The van der Waals surface area contributed by atoms with Crippen LogP contribution < -0.4 is 0 Å². The van der Waals surface area contributed by atoms with Crippen LogP contribution in [0.15, 0.2) is 188 Å². The Hall–Kier alpha value is -6.84. The summed E-state index contributed by atoms with van der Waals surface area (Å²) in [7, 11) is 0. The van der Waals surface area contributed by atoms with Crippen LogP contribution in [0.1, 0.15) is 0 Å². The molecule has 10 rings (SSSR count). The molecule has 0 saturated heterocycles. The van der Waals surface area contributed by atoms with E-state index in [-0.39, 0.29) is 0 Å². The van der Waals surface area contributed by atoms with Crippen molar-refractivity contribution >= 4 is 43.5 Å². The normalized spacial score (nSPS) is 11.5. The van der Waals surface area contributed by atoms with Gasteiger partial charge in [0.2, 0.25) is 0 Å². The number of rotatable bonds is 5. The molecule has 0 atom stereocenters. The van der Waals surface area contributed by atoms with Gasteiger partial charge in [0.25, 0.3) is 0 Å². The molecule has 0 aliphatic rings. The van der Waals surface area contributed by atoms with Gasteiger partial charge >= 0.3 is 0 Å². The molecule has 0 aliphatic carbocycles. The summed E-state index contributed by atoms with van der Waals surface area (Å²) in [5.41, 5.74) is 12.8. The number of hydrogen-bond donors (Lipinski definition) is 0. The molecule has 3 nitrogen and oxygen atoms in total. The number of aromatic nitrogens is 3. The van der Waals surface area contributed by atoms with E-state index >= 15 is 0 Å². The maximum absolute atomic E-state index is 5.47. The van der Waals surface area contributed by atoms with Crippen molar-refractivity contribution in [3.05, 3.63) is 188 Å². The highest BCUT2D eigenvalue weighted by Gasteiger charge is 2.20. The number of para-hydroxylation sites is 3. The minimum atomic E-state index is 0.945. The monoisotopic (exact) mass is 649 g/mol. The van der Waals surface area contributed by atoms with E-state index in [0.717, 1.165) is 66.9 Å². The number of hydrogen-bond acceptors (Lipinski definition) is 2. The highest BCUT2D eigenvalue weighted by molar-refractivity contribution is 6.25. The molecule has 0 amide bonds. The predicted molar refractivity (Wildman–Crippen MR) is 213 cm³/mol. The van der Waals surface area contributed by atoms with Gasteiger partial charge in [-0.1, -0.05) is 146 Å². The number of nitrogens with zero attached hydrogens (tertiary/aromatic N) is 3. The van der Waals surface area contributed by atoms with E-state index in [2.05, 4.69) is 180 Å². The first kappa shape index (κ1) is 29.1. The summed E-state index contributed by atoms with van der Waals surface area (Å²) in [5.74, 6) is 0.